The van der Waals surface area contributed by atoms with E-state index in [1.54, 1.807) is 0 Å². The van der Waals surface area contributed by atoms with Gasteiger partial charge in [0.15, 0.2) is 0 Å². The van der Waals surface area contributed by atoms with E-state index >= 15 is 0 Å². The summed E-state index contributed by atoms with van der Waals surface area (Å²) in [6, 6.07) is 0. The average Bonchev–Trinajstić information content (AvgIpc) is 2.01. The number of amides is 1. The lowest BCUT2D eigenvalue weighted by Crippen LogP contribution is -2.43. The molecule has 1 amide bonds. The predicted molar refractivity (Wildman–Crippen MR) is 58.6 cm³/mol. The van der Waals surface area contributed by atoms with Gasteiger partial charge in [-0.1, -0.05) is 13.3 Å². The molecule has 0 radical (unpaired) electrons. The van der Waals surface area contributed by atoms with Gasteiger partial charge < -0.3 is 10.4 Å². The van der Waals surface area contributed by atoms with Crippen LogP contribution in [-0.4, -0.2) is 22.5 Å². The third kappa shape index (κ3) is 7.97. The van der Waals surface area contributed by atoms with Crippen molar-refractivity contribution in [2.24, 2.45) is 0 Å². The summed E-state index contributed by atoms with van der Waals surface area (Å²) in [5, 5.41) is 11.3. The highest BCUT2D eigenvalue weighted by Gasteiger charge is 2.18. The van der Waals surface area contributed by atoms with Gasteiger partial charge in [-0.2, -0.15) is 0 Å². The van der Waals surface area contributed by atoms with E-state index in [1.165, 1.54) is 0 Å². The SMILES string of the molecule is CCCC(C)(C)NC(=O)CCCC(=O)O. The lowest BCUT2D eigenvalue weighted by atomic mass is 9.98. The van der Waals surface area contributed by atoms with Crippen LogP contribution in [0.3, 0.4) is 0 Å². The topological polar surface area (TPSA) is 66.4 Å². The van der Waals surface area contributed by atoms with Gasteiger partial charge in [-0.15, -0.1) is 0 Å². The number of carbonyl (C=O) groups excluding carboxylic acids is 1. The predicted octanol–water partition coefficient (Wildman–Crippen LogP) is 1.94. The molecule has 0 aliphatic heterocycles. The average molecular weight is 215 g/mol. The number of hydrogen-bond acceptors (Lipinski definition) is 2. The van der Waals surface area contributed by atoms with Gasteiger partial charge in [-0.05, 0) is 26.7 Å². The summed E-state index contributed by atoms with van der Waals surface area (Å²) in [5.41, 5.74) is -0.185. The Morgan fingerprint density at radius 3 is 2.33 bits per heavy atom. The minimum Gasteiger partial charge on any atom is -0.481 e. The van der Waals surface area contributed by atoms with Crippen molar-refractivity contribution in [1.29, 1.82) is 0 Å². The Balaban J connectivity index is 3.77. The Hall–Kier alpha value is -1.06. The molecule has 0 aromatic carbocycles. The van der Waals surface area contributed by atoms with Crippen molar-refractivity contribution in [3.63, 3.8) is 0 Å². The van der Waals surface area contributed by atoms with Crippen molar-refractivity contribution in [1.82, 2.24) is 5.32 Å². The molecule has 0 aromatic rings. The van der Waals surface area contributed by atoms with E-state index in [-0.39, 0.29) is 17.9 Å². The second kappa shape index (κ2) is 6.43. The van der Waals surface area contributed by atoms with E-state index < -0.39 is 5.97 Å². The van der Waals surface area contributed by atoms with Gasteiger partial charge in [-0.3, -0.25) is 9.59 Å². The number of carbonyl (C=O) groups is 2. The smallest absolute Gasteiger partial charge is 0.303 e. The highest BCUT2D eigenvalue weighted by Crippen LogP contribution is 2.11. The van der Waals surface area contributed by atoms with Crippen molar-refractivity contribution in [2.75, 3.05) is 0 Å². The van der Waals surface area contributed by atoms with Crippen molar-refractivity contribution in [3.8, 4) is 0 Å². The first-order valence-electron chi connectivity index (χ1n) is 5.40. The third-order valence-corrected chi connectivity index (χ3v) is 2.15. The molecule has 0 aromatic heterocycles. The fourth-order valence-corrected chi connectivity index (χ4v) is 1.53. The molecule has 2 N–H and O–H groups in total. The maximum absolute atomic E-state index is 11.4. The van der Waals surface area contributed by atoms with Crippen molar-refractivity contribution in [2.45, 2.75) is 58.4 Å². The van der Waals surface area contributed by atoms with Gasteiger partial charge in [0.1, 0.15) is 0 Å². The zero-order valence-electron chi connectivity index (χ0n) is 9.80. The summed E-state index contributed by atoms with van der Waals surface area (Å²) < 4.78 is 0. The standard InChI is InChI=1S/C11H21NO3/c1-4-8-11(2,3)12-9(13)6-5-7-10(14)15/h4-8H2,1-3H3,(H,12,13)(H,14,15). The highest BCUT2D eigenvalue weighted by atomic mass is 16.4. The van der Waals surface area contributed by atoms with Gasteiger partial charge in [0, 0.05) is 18.4 Å². The summed E-state index contributed by atoms with van der Waals surface area (Å²) in [7, 11) is 0. The normalized spacial score (nSPS) is 11.1. The molecule has 15 heavy (non-hydrogen) atoms. The minimum absolute atomic E-state index is 0.0572. The van der Waals surface area contributed by atoms with Crippen molar-refractivity contribution >= 4 is 11.9 Å². The zero-order valence-corrected chi connectivity index (χ0v) is 9.80. The monoisotopic (exact) mass is 215 g/mol. The van der Waals surface area contributed by atoms with Crippen LogP contribution in [0.2, 0.25) is 0 Å². The van der Waals surface area contributed by atoms with Crippen molar-refractivity contribution < 1.29 is 14.7 Å². The Morgan fingerprint density at radius 2 is 1.87 bits per heavy atom. The first-order valence-corrected chi connectivity index (χ1v) is 5.40. The van der Waals surface area contributed by atoms with E-state index in [0.717, 1.165) is 12.8 Å². The molecule has 4 nitrogen and oxygen atoms in total. The van der Waals surface area contributed by atoms with Gasteiger partial charge >= 0.3 is 5.97 Å². The van der Waals surface area contributed by atoms with Crippen LogP contribution < -0.4 is 5.32 Å². The number of carboxylic acids is 1. The molecule has 0 unspecified atom stereocenters. The molecular weight excluding hydrogens is 194 g/mol. The summed E-state index contributed by atoms with van der Waals surface area (Å²) in [4.78, 5) is 21.6. The van der Waals surface area contributed by atoms with Crippen LogP contribution in [-0.2, 0) is 9.59 Å². The van der Waals surface area contributed by atoms with Crippen LogP contribution >= 0.6 is 0 Å². The van der Waals surface area contributed by atoms with E-state index in [0.29, 0.717) is 12.8 Å². The number of hydrogen-bond donors (Lipinski definition) is 2. The molecule has 0 aliphatic carbocycles. The molecule has 0 fully saturated rings. The summed E-state index contributed by atoms with van der Waals surface area (Å²) in [5.74, 6) is -0.912. The van der Waals surface area contributed by atoms with Gasteiger partial charge in [-0.25, -0.2) is 0 Å². The van der Waals surface area contributed by atoms with Crippen LogP contribution in [0.5, 0.6) is 0 Å². The largest absolute Gasteiger partial charge is 0.481 e. The molecule has 0 saturated heterocycles. The quantitative estimate of drug-likeness (QED) is 0.682. The molecular formula is C11H21NO3. The van der Waals surface area contributed by atoms with E-state index in [2.05, 4.69) is 12.2 Å². The van der Waals surface area contributed by atoms with Crippen molar-refractivity contribution in [3.05, 3.63) is 0 Å². The third-order valence-electron chi connectivity index (χ3n) is 2.15. The van der Waals surface area contributed by atoms with Crippen LogP contribution in [0.4, 0.5) is 0 Å². The molecule has 0 rings (SSSR count). The molecule has 0 saturated carbocycles. The zero-order chi connectivity index (χ0) is 11.9. The Morgan fingerprint density at radius 1 is 1.27 bits per heavy atom. The molecule has 4 heteroatoms. The maximum Gasteiger partial charge on any atom is 0.303 e. The van der Waals surface area contributed by atoms with Crippen LogP contribution in [0.25, 0.3) is 0 Å². The fraction of sp³-hybridized carbons (Fsp3) is 0.818. The lowest BCUT2D eigenvalue weighted by molar-refractivity contribution is -0.137. The molecule has 0 atom stereocenters. The number of rotatable bonds is 7. The first kappa shape index (κ1) is 13.9. The number of carboxylic acid groups (broad SMARTS) is 1. The Labute approximate surface area is 91.1 Å². The molecule has 0 aliphatic rings. The first-order chi connectivity index (χ1) is 6.87. The Kier molecular flexibility index (Phi) is 5.97. The van der Waals surface area contributed by atoms with Crippen LogP contribution in [0, 0.1) is 0 Å². The van der Waals surface area contributed by atoms with Gasteiger partial charge in [0.25, 0.3) is 0 Å². The lowest BCUT2D eigenvalue weighted by Gasteiger charge is -2.25. The van der Waals surface area contributed by atoms with Gasteiger partial charge in [0.2, 0.25) is 5.91 Å². The number of aliphatic carboxylic acids is 1. The van der Waals surface area contributed by atoms with E-state index in [9.17, 15) is 9.59 Å². The summed E-state index contributed by atoms with van der Waals surface area (Å²) in [6.07, 6.45) is 2.70. The minimum atomic E-state index is -0.851. The molecule has 0 spiro atoms. The molecule has 0 heterocycles. The van der Waals surface area contributed by atoms with E-state index in [1.807, 2.05) is 13.8 Å². The highest BCUT2D eigenvalue weighted by molar-refractivity contribution is 5.77. The summed E-state index contributed by atoms with van der Waals surface area (Å²) >= 11 is 0. The second-order valence-electron chi connectivity index (χ2n) is 4.43. The molecule has 88 valence electrons. The fourth-order valence-electron chi connectivity index (χ4n) is 1.53. The maximum atomic E-state index is 11.4. The summed E-state index contributed by atoms with van der Waals surface area (Å²) in [6.45, 7) is 6.02. The second-order valence-corrected chi connectivity index (χ2v) is 4.43. The number of nitrogens with one attached hydrogen (secondary N) is 1. The van der Waals surface area contributed by atoms with Crippen LogP contribution in [0.1, 0.15) is 52.9 Å². The molecule has 0 bridgehead atoms. The van der Waals surface area contributed by atoms with Gasteiger partial charge in [0.05, 0.1) is 0 Å². The Bertz CT molecular complexity index is 224. The van der Waals surface area contributed by atoms with E-state index in [4.69, 9.17) is 5.11 Å². The van der Waals surface area contributed by atoms with Crippen LogP contribution in [0.15, 0.2) is 0 Å².